The van der Waals surface area contributed by atoms with E-state index >= 15 is 0 Å². The zero-order valence-corrected chi connectivity index (χ0v) is 18.0. The normalized spacial score (nSPS) is 17.1. The van der Waals surface area contributed by atoms with Crippen LogP contribution in [0.5, 0.6) is 5.75 Å². The van der Waals surface area contributed by atoms with Crippen LogP contribution in [0.25, 0.3) is 0 Å². The van der Waals surface area contributed by atoms with E-state index in [1.807, 2.05) is 18.7 Å². The zero-order chi connectivity index (χ0) is 21.0. The molecule has 0 aromatic heterocycles. The van der Waals surface area contributed by atoms with Gasteiger partial charge in [0, 0.05) is 24.3 Å². The Bertz CT molecular complexity index is 971. The molecular weight excluding hydrogens is 388 g/mol. The molecule has 0 saturated carbocycles. The van der Waals surface area contributed by atoms with Gasteiger partial charge in [-0.1, -0.05) is 13.0 Å². The van der Waals surface area contributed by atoms with E-state index < -0.39 is 10.0 Å². The van der Waals surface area contributed by atoms with Crippen LogP contribution in [0, 0.1) is 12.8 Å². The Morgan fingerprint density at radius 2 is 1.93 bits per heavy atom. The van der Waals surface area contributed by atoms with Crippen molar-refractivity contribution in [3.63, 3.8) is 0 Å². The first-order chi connectivity index (χ1) is 13.8. The summed E-state index contributed by atoms with van der Waals surface area (Å²) < 4.78 is 33.7. The minimum atomic E-state index is -3.81. The lowest BCUT2D eigenvalue weighted by molar-refractivity contribution is 0.0682. The lowest BCUT2D eigenvalue weighted by atomic mass is 9.99. The van der Waals surface area contributed by atoms with Crippen molar-refractivity contribution in [3.8, 4) is 5.75 Å². The predicted molar refractivity (Wildman–Crippen MR) is 114 cm³/mol. The third-order valence-electron chi connectivity index (χ3n) is 5.11. The molecule has 1 atom stereocenters. The molecule has 156 valence electrons. The number of rotatable bonds is 6. The second-order valence-corrected chi connectivity index (χ2v) is 9.22. The van der Waals surface area contributed by atoms with Gasteiger partial charge in [0.1, 0.15) is 5.75 Å². The van der Waals surface area contributed by atoms with E-state index in [4.69, 9.17) is 4.74 Å². The number of hydrogen-bond donors (Lipinski definition) is 1. The number of carbonyl (C=O) groups is 1. The second kappa shape index (κ2) is 8.86. The van der Waals surface area contributed by atoms with Gasteiger partial charge >= 0.3 is 0 Å². The minimum Gasteiger partial charge on any atom is -0.494 e. The highest BCUT2D eigenvalue weighted by molar-refractivity contribution is 7.92. The maximum atomic E-state index is 13.0. The molecule has 1 fully saturated rings. The van der Waals surface area contributed by atoms with Crippen LogP contribution in [-0.2, 0) is 10.0 Å². The summed E-state index contributed by atoms with van der Waals surface area (Å²) in [5.74, 6) is 1.03. The number of hydrogen-bond acceptors (Lipinski definition) is 4. The molecule has 0 radical (unpaired) electrons. The highest BCUT2D eigenvalue weighted by Gasteiger charge is 2.25. The van der Waals surface area contributed by atoms with Gasteiger partial charge in [-0.25, -0.2) is 8.42 Å². The topological polar surface area (TPSA) is 75.7 Å². The van der Waals surface area contributed by atoms with E-state index in [1.165, 1.54) is 12.1 Å². The maximum Gasteiger partial charge on any atom is 0.261 e. The van der Waals surface area contributed by atoms with Crippen LogP contribution >= 0.6 is 0 Å². The van der Waals surface area contributed by atoms with Crippen LogP contribution in [-0.4, -0.2) is 38.9 Å². The minimum absolute atomic E-state index is 0.0744. The predicted octanol–water partition coefficient (Wildman–Crippen LogP) is 4.07. The Balaban J connectivity index is 1.82. The monoisotopic (exact) mass is 416 g/mol. The number of anilines is 1. The fourth-order valence-electron chi connectivity index (χ4n) is 3.54. The third kappa shape index (κ3) is 5.09. The molecule has 0 unspecified atom stereocenters. The number of nitrogens with one attached hydrogen (secondary N) is 1. The van der Waals surface area contributed by atoms with Gasteiger partial charge in [0.15, 0.2) is 0 Å². The van der Waals surface area contributed by atoms with Crippen molar-refractivity contribution in [2.75, 3.05) is 24.4 Å². The van der Waals surface area contributed by atoms with Gasteiger partial charge in [-0.2, -0.15) is 0 Å². The molecular formula is C22H28N2O4S. The van der Waals surface area contributed by atoms with Crippen LogP contribution in [0.2, 0.25) is 0 Å². The molecule has 0 spiro atoms. The van der Waals surface area contributed by atoms with Crippen LogP contribution in [0.3, 0.4) is 0 Å². The van der Waals surface area contributed by atoms with E-state index in [0.717, 1.165) is 18.4 Å². The van der Waals surface area contributed by atoms with E-state index in [0.29, 0.717) is 42.6 Å². The van der Waals surface area contributed by atoms with Gasteiger partial charge in [-0.05, 0) is 74.6 Å². The number of aryl methyl sites for hydroxylation is 1. The first kappa shape index (κ1) is 21.2. The molecule has 0 bridgehead atoms. The Labute approximate surface area is 172 Å². The molecule has 3 rings (SSSR count). The largest absolute Gasteiger partial charge is 0.494 e. The van der Waals surface area contributed by atoms with Crippen LogP contribution in [0.1, 0.15) is 42.6 Å². The Kier molecular flexibility index (Phi) is 6.47. The summed E-state index contributed by atoms with van der Waals surface area (Å²) in [6.45, 7) is 7.81. The van der Waals surface area contributed by atoms with E-state index in [1.54, 1.807) is 30.3 Å². The number of carbonyl (C=O) groups excluding carboxylic acids is 1. The molecule has 1 amide bonds. The Morgan fingerprint density at radius 3 is 2.59 bits per heavy atom. The molecule has 1 heterocycles. The molecule has 1 aliphatic heterocycles. The molecule has 2 aromatic rings. The number of piperidine rings is 1. The number of amides is 1. The van der Waals surface area contributed by atoms with E-state index in [9.17, 15) is 13.2 Å². The molecule has 1 aliphatic rings. The summed E-state index contributed by atoms with van der Waals surface area (Å²) in [5, 5.41) is 0. The van der Waals surface area contributed by atoms with Crippen molar-refractivity contribution in [2.24, 2.45) is 5.92 Å². The number of nitrogens with zero attached hydrogens (tertiary/aromatic N) is 1. The number of likely N-dealkylation sites (tertiary alicyclic amines) is 1. The van der Waals surface area contributed by atoms with E-state index in [2.05, 4.69) is 11.6 Å². The quantitative estimate of drug-likeness (QED) is 0.770. The van der Waals surface area contributed by atoms with Gasteiger partial charge in [0.25, 0.3) is 15.9 Å². The van der Waals surface area contributed by atoms with Gasteiger partial charge in [0.2, 0.25) is 0 Å². The lowest BCUT2D eigenvalue weighted by Crippen LogP contribution is -2.39. The fraction of sp³-hybridized carbons (Fsp3) is 0.409. The van der Waals surface area contributed by atoms with Crippen molar-refractivity contribution in [3.05, 3.63) is 53.6 Å². The highest BCUT2D eigenvalue weighted by Crippen LogP contribution is 2.24. The van der Waals surface area contributed by atoms with Crippen LogP contribution < -0.4 is 9.46 Å². The van der Waals surface area contributed by atoms with Crippen LogP contribution in [0.15, 0.2) is 47.4 Å². The highest BCUT2D eigenvalue weighted by atomic mass is 32.2. The second-order valence-electron chi connectivity index (χ2n) is 7.54. The SMILES string of the molecule is CCOc1ccc(NS(=O)(=O)c2ccc(C)c(C(=O)N3CCC[C@@H](C)C3)c2)cc1. The fourth-order valence-corrected chi connectivity index (χ4v) is 4.63. The molecule has 1 N–H and O–H groups in total. The number of benzene rings is 2. The average Bonchev–Trinajstić information content (AvgIpc) is 2.69. The first-order valence-corrected chi connectivity index (χ1v) is 11.4. The molecule has 1 saturated heterocycles. The Morgan fingerprint density at radius 1 is 1.21 bits per heavy atom. The average molecular weight is 417 g/mol. The summed E-state index contributed by atoms with van der Waals surface area (Å²) in [4.78, 5) is 14.9. The van der Waals surface area contributed by atoms with Gasteiger partial charge in [-0.3, -0.25) is 9.52 Å². The van der Waals surface area contributed by atoms with Crippen molar-refractivity contribution in [1.29, 1.82) is 0 Å². The van der Waals surface area contributed by atoms with Crippen molar-refractivity contribution in [2.45, 2.75) is 38.5 Å². The smallest absolute Gasteiger partial charge is 0.261 e. The maximum absolute atomic E-state index is 13.0. The standard InChI is InChI=1S/C22H28N2O4S/c1-4-28-19-10-8-18(9-11-19)23-29(26,27)20-12-7-17(3)21(14-20)22(25)24-13-5-6-16(2)15-24/h7-12,14,16,23H,4-6,13,15H2,1-3H3/t16-/m1/s1. The lowest BCUT2D eigenvalue weighted by Gasteiger charge is -2.31. The van der Waals surface area contributed by atoms with Crippen molar-refractivity contribution < 1.29 is 17.9 Å². The summed E-state index contributed by atoms with van der Waals surface area (Å²) in [5.41, 5.74) is 1.65. The summed E-state index contributed by atoms with van der Waals surface area (Å²) in [7, 11) is -3.81. The van der Waals surface area contributed by atoms with E-state index in [-0.39, 0.29) is 10.8 Å². The molecule has 7 heteroatoms. The number of ether oxygens (including phenoxy) is 1. The summed E-state index contributed by atoms with van der Waals surface area (Å²) in [6.07, 6.45) is 2.09. The molecule has 29 heavy (non-hydrogen) atoms. The van der Waals surface area contributed by atoms with Gasteiger partial charge < -0.3 is 9.64 Å². The summed E-state index contributed by atoms with van der Waals surface area (Å²) in [6, 6.07) is 11.4. The third-order valence-corrected chi connectivity index (χ3v) is 6.49. The van der Waals surface area contributed by atoms with Crippen molar-refractivity contribution >= 4 is 21.6 Å². The first-order valence-electron chi connectivity index (χ1n) is 9.95. The van der Waals surface area contributed by atoms with Gasteiger partial charge in [-0.15, -0.1) is 0 Å². The zero-order valence-electron chi connectivity index (χ0n) is 17.1. The van der Waals surface area contributed by atoms with Crippen LogP contribution in [0.4, 0.5) is 5.69 Å². The molecule has 6 nitrogen and oxygen atoms in total. The molecule has 0 aliphatic carbocycles. The number of sulfonamides is 1. The summed E-state index contributed by atoms with van der Waals surface area (Å²) >= 11 is 0. The molecule has 2 aromatic carbocycles. The van der Waals surface area contributed by atoms with Crippen molar-refractivity contribution in [1.82, 2.24) is 4.90 Å². The Hall–Kier alpha value is -2.54. The van der Waals surface area contributed by atoms with Gasteiger partial charge in [0.05, 0.1) is 11.5 Å².